The van der Waals surface area contributed by atoms with Crippen molar-refractivity contribution < 1.29 is 13.9 Å². The standard InChI is InChI=1S/C24H27FN6O2/c1-33-21-12-15(11-20(29-21)14-7-3-2-4-8-14)28-23-16(22(27)32)13-17(25)24(31-23)30-19-10-6-5-9-18(19)26/h2-4,7-8,11-13,18-19H,5-6,9-10,26H2,1H3,(H2,27,32)(H2,28,29,30,31). The Hall–Kier alpha value is -3.72. The van der Waals surface area contributed by atoms with Gasteiger partial charge in [0.25, 0.3) is 5.91 Å². The number of carbonyl (C=O) groups excluding carboxylic acids is 1. The van der Waals surface area contributed by atoms with E-state index in [9.17, 15) is 9.18 Å². The predicted octanol–water partition coefficient (Wildman–Crippen LogP) is 3.82. The molecule has 2 heterocycles. The Balaban J connectivity index is 1.70. The van der Waals surface area contributed by atoms with E-state index in [1.54, 1.807) is 12.1 Å². The molecule has 1 amide bonds. The fourth-order valence-electron chi connectivity index (χ4n) is 3.96. The Morgan fingerprint density at radius 1 is 1.09 bits per heavy atom. The third kappa shape index (κ3) is 5.20. The molecule has 0 bridgehead atoms. The van der Waals surface area contributed by atoms with Crippen LogP contribution in [-0.4, -0.2) is 35.1 Å². The van der Waals surface area contributed by atoms with Gasteiger partial charge in [0.15, 0.2) is 11.6 Å². The number of hydrogen-bond donors (Lipinski definition) is 4. The monoisotopic (exact) mass is 450 g/mol. The molecule has 6 N–H and O–H groups in total. The summed E-state index contributed by atoms with van der Waals surface area (Å²) in [6.07, 6.45) is 3.75. The van der Waals surface area contributed by atoms with Gasteiger partial charge in [-0.1, -0.05) is 43.2 Å². The Labute approximate surface area is 191 Å². The Morgan fingerprint density at radius 3 is 2.55 bits per heavy atom. The van der Waals surface area contributed by atoms with Gasteiger partial charge in [0.1, 0.15) is 5.82 Å². The highest BCUT2D eigenvalue weighted by atomic mass is 19.1. The van der Waals surface area contributed by atoms with Crippen LogP contribution in [0.5, 0.6) is 5.88 Å². The van der Waals surface area contributed by atoms with Crippen LogP contribution in [0.3, 0.4) is 0 Å². The number of nitrogens with one attached hydrogen (secondary N) is 2. The van der Waals surface area contributed by atoms with Crippen molar-refractivity contribution in [2.45, 2.75) is 37.8 Å². The predicted molar refractivity (Wildman–Crippen MR) is 126 cm³/mol. The molecule has 0 spiro atoms. The molecule has 2 atom stereocenters. The highest BCUT2D eigenvalue weighted by Gasteiger charge is 2.24. The Kier molecular flexibility index (Phi) is 6.69. The molecule has 1 saturated carbocycles. The van der Waals surface area contributed by atoms with Crippen LogP contribution in [0.15, 0.2) is 48.5 Å². The van der Waals surface area contributed by atoms with Crippen molar-refractivity contribution in [3.63, 3.8) is 0 Å². The highest BCUT2D eigenvalue weighted by molar-refractivity contribution is 5.98. The normalized spacial score (nSPS) is 17.9. The smallest absolute Gasteiger partial charge is 0.252 e. The SMILES string of the molecule is COc1cc(Nc2nc(NC3CCCCC3N)c(F)cc2C(N)=O)cc(-c2ccccc2)n1. The largest absolute Gasteiger partial charge is 0.481 e. The fourth-order valence-corrected chi connectivity index (χ4v) is 3.96. The molecule has 2 aromatic heterocycles. The summed E-state index contributed by atoms with van der Waals surface area (Å²) in [7, 11) is 1.52. The van der Waals surface area contributed by atoms with E-state index >= 15 is 0 Å². The molecule has 1 aliphatic rings. The van der Waals surface area contributed by atoms with Gasteiger partial charge >= 0.3 is 0 Å². The first-order valence-electron chi connectivity index (χ1n) is 10.9. The lowest BCUT2D eigenvalue weighted by molar-refractivity contribution is 0.100. The minimum Gasteiger partial charge on any atom is -0.481 e. The van der Waals surface area contributed by atoms with Crippen LogP contribution in [-0.2, 0) is 0 Å². The summed E-state index contributed by atoms with van der Waals surface area (Å²) in [6.45, 7) is 0. The number of hydrogen-bond acceptors (Lipinski definition) is 7. The lowest BCUT2D eigenvalue weighted by Gasteiger charge is -2.30. The molecule has 0 radical (unpaired) electrons. The third-order valence-electron chi connectivity index (χ3n) is 5.73. The van der Waals surface area contributed by atoms with Crippen molar-refractivity contribution in [3.8, 4) is 17.1 Å². The number of aromatic nitrogens is 2. The van der Waals surface area contributed by atoms with Crippen molar-refractivity contribution in [1.82, 2.24) is 9.97 Å². The summed E-state index contributed by atoms with van der Waals surface area (Å²) in [5.41, 5.74) is 13.7. The fraction of sp³-hybridized carbons (Fsp3) is 0.292. The number of methoxy groups -OCH3 is 1. The maximum absolute atomic E-state index is 14.8. The number of nitrogens with two attached hydrogens (primary N) is 2. The maximum atomic E-state index is 14.8. The van der Waals surface area contributed by atoms with Gasteiger partial charge in [0.05, 0.1) is 18.4 Å². The lowest BCUT2D eigenvalue weighted by atomic mass is 9.91. The molecule has 1 aliphatic carbocycles. The molecule has 0 saturated heterocycles. The van der Waals surface area contributed by atoms with Gasteiger partial charge in [-0.15, -0.1) is 0 Å². The number of halogens is 1. The molecular weight excluding hydrogens is 423 g/mol. The number of anilines is 3. The lowest BCUT2D eigenvalue weighted by Crippen LogP contribution is -2.43. The van der Waals surface area contributed by atoms with Crippen molar-refractivity contribution in [3.05, 3.63) is 59.9 Å². The van der Waals surface area contributed by atoms with E-state index in [1.807, 2.05) is 30.3 Å². The van der Waals surface area contributed by atoms with Crippen LogP contribution in [0, 0.1) is 5.82 Å². The molecule has 8 nitrogen and oxygen atoms in total. The zero-order chi connectivity index (χ0) is 23.4. The summed E-state index contributed by atoms with van der Waals surface area (Å²) < 4.78 is 20.1. The van der Waals surface area contributed by atoms with Crippen LogP contribution >= 0.6 is 0 Å². The Morgan fingerprint density at radius 2 is 1.85 bits per heavy atom. The van der Waals surface area contributed by atoms with Crippen molar-refractivity contribution >= 4 is 23.2 Å². The number of rotatable bonds is 7. The van der Waals surface area contributed by atoms with E-state index in [1.165, 1.54) is 7.11 Å². The van der Waals surface area contributed by atoms with Gasteiger partial charge in [-0.2, -0.15) is 0 Å². The number of pyridine rings is 2. The van der Waals surface area contributed by atoms with Crippen LogP contribution in [0.2, 0.25) is 0 Å². The molecule has 1 fully saturated rings. The zero-order valence-corrected chi connectivity index (χ0v) is 18.3. The molecule has 3 aromatic rings. The summed E-state index contributed by atoms with van der Waals surface area (Å²) in [5.74, 6) is -0.941. The molecular formula is C24H27FN6O2. The minimum absolute atomic E-state index is 0.0224. The van der Waals surface area contributed by atoms with E-state index < -0.39 is 11.7 Å². The number of ether oxygens (including phenoxy) is 1. The number of carbonyl (C=O) groups is 1. The first-order valence-corrected chi connectivity index (χ1v) is 10.9. The topological polar surface area (TPSA) is 128 Å². The quantitative estimate of drug-likeness (QED) is 0.431. The summed E-state index contributed by atoms with van der Waals surface area (Å²) in [6, 6.07) is 13.9. The van der Waals surface area contributed by atoms with E-state index in [2.05, 4.69) is 20.6 Å². The van der Waals surface area contributed by atoms with E-state index in [0.29, 0.717) is 17.3 Å². The van der Waals surface area contributed by atoms with Crippen molar-refractivity contribution in [2.24, 2.45) is 11.5 Å². The second-order valence-corrected chi connectivity index (χ2v) is 8.05. The third-order valence-corrected chi connectivity index (χ3v) is 5.73. The Bertz CT molecular complexity index is 1140. The molecule has 33 heavy (non-hydrogen) atoms. The first kappa shape index (κ1) is 22.5. The van der Waals surface area contributed by atoms with Gasteiger partial charge in [0.2, 0.25) is 5.88 Å². The van der Waals surface area contributed by atoms with Gasteiger partial charge in [0, 0.05) is 29.4 Å². The van der Waals surface area contributed by atoms with Crippen LogP contribution in [0.25, 0.3) is 11.3 Å². The van der Waals surface area contributed by atoms with E-state index in [-0.39, 0.29) is 29.3 Å². The number of primary amides is 1. The number of nitrogens with zero attached hydrogens (tertiary/aromatic N) is 2. The molecule has 4 rings (SSSR count). The highest BCUT2D eigenvalue weighted by Crippen LogP contribution is 2.30. The maximum Gasteiger partial charge on any atom is 0.252 e. The first-order chi connectivity index (χ1) is 15.9. The van der Waals surface area contributed by atoms with Crippen molar-refractivity contribution in [2.75, 3.05) is 17.7 Å². The van der Waals surface area contributed by atoms with E-state index in [0.717, 1.165) is 37.3 Å². The molecule has 1 aromatic carbocycles. The summed E-state index contributed by atoms with van der Waals surface area (Å²) in [5, 5.41) is 6.20. The van der Waals surface area contributed by atoms with Crippen LogP contribution in [0.1, 0.15) is 36.0 Å². The zero-order valence-electron chi connectivity index (χ0n) is 18.3. The van der Waals surface area contributed by atoms with Gasteiger partial charge in [-0.25, -0.2) is 14.4 Å². The molecule has 0 aliphatic heterocycles. The van der Waals surface area contributed by atoms with Crippen molar-refractivity contribution in [1.29, 1.82) is 0 Å². The van der Waals surface area contributed by atoms with Gasteiger partial charge in [-0.05, 0) is 25.0 Å². The van der Waals surface area contributed by atoms with Crippen LogP contribution < -0.4 is 26.8 Å². The second-order valence-electron chi connectivity index (χ2n) is 8.05. The molecule has 2 unspecified atom stereocenters. The van der Waals surface area contributed by atoms with E-state index in [4.69, 9.17) is 16.2 Å². The molecule has 172 valence electrons. The summed E-state index contributed by atoms with van der Waals surface area (Å²) in [4.78, 5) is 20.9. The number of amides is 1. The number of benzene rings is 1. The average Bonchev–Trinajstić information content (AvgIpc) is 2.82. The minimum atomic E-state index is -0.797. The second kappa shape index (κ2) is 9.83. The van der Waals surface area contributed by atoms with Crippen LogP contribution in [0.4, 0.5) is 21.7 Å². The average molecular weight is 451 g/mol. The van der Waals surface area contributed by atoms with Gasteiger partial charge in [-0.3, -0.25) is 4.79 Å². The molecule has 9 heteroatoms. The van der Waals surface area contributed by atoms with Gasteiger partial charge < -0.3 is 26.8 Å². The summed E-state index contributed by atoms with van der Waals surface area (Å²) >= 11 is 0.